The van der Waals surface area contributed by atoms with E-state index in [9.17, 15) is 4.79 Å². The molecule has 104 valence electrons. The molecule has 0 spiro atoms. The fraction of sp³-hybridized carbons (Fsp3) is 0.833. The van der Waals surface area contributed by atoms with Gasteiger partial charge in [-0.3, -0.25) is 13.9 Å². The summed E-state index contributed by atoms with van der Waals surface area (Å²) in [5.41, 5.74) is 0. The minimum atomic E-state index is -4.67. The van der Waals surface area contributed by atoms with Gasteiger partial charge in [0.25, 0.3) is 0 Å². The van der Waals surface area contributed by atoms with Crippen molar-refractivity contribution in [2.24, 2.45) is 0 Å². The average Bonchev–Trinajstić information content (AvgIpc) is 2.22. The Morgan fingerprint density at radius 3 is 1.65 bits per heavy atom. The van der Waals surface area contributed by atoms with E-state index in [1.165, 1.54) is 0 Å². The Labute approximate surface area is 96.3 Å². The predicted octanol–water partition coefficient (Wildman–Crippen LogP) is -4.03. The maximum Gasteiger partial charge on any atom is 0.394 e. The lowest BCUT2D eigenvalue weighted by molar-refractivity contribution is -0.142. The lowest BCUT2D eigenvalue weighted by Gasteiger charge is -2.19. The van der Waals surface area contributed by atoms with Crippen molar-refractivity contribution in [2.45, 2.75) is 18.3 Å². The molecule has 0 heterocycles. The molecule has 0 aromatic heterocycles. The van der Waals surface area contributed by atoms with Gasteiger partial charge in [-0.25, -0.2) is 0 Å². The first-order valence-corrected chi connectivity index (χ1v) is 5.42. The van der Waals surface area contributed by atoms with Crippen LogP contribution >= 0.6 is 0 Å². The van der Waals surface area contributed by atoms with Crippen LogP contribution in [0.4, 0.5) is 0 Å². The molecule has 3 atom stereocenters. The summed E-state index contributed by atoms with van der Waals surface area (Å²) in [5, 5.41) is 43.1. The maximum absolute atomic E-state index is 10.5. The van der Waals surface area contributed by atoms with Gasteiger partial charge in [-0.2, -0.15) is 8.42 Å². The molecular formula is C6H14O10S. The lowest BCUT2D eigenvalue weighted by Crippen LogP contribution is -2.44. The molecule has 0 aliphatic carbocycles. The fourth-order valence-electron chi connectivity index (χ4n) is 0.602. The Morgan fingerprint density at radius 1 is 1.06 bits per heavy atom. The van der Waals surface area contributed by atoms with Gasteiger partial charge in [-0.1, -0.05) is 0 Å². The summed E-state index contributed by atoms with van der Waals surface area (Å²) in [5.74, 6) is -1.00. The average molecular weight is 278 g/mol. The van der Waals surface area contributed by atoms with Gasteiger partial charge in [0, 0.05) is 0 Å². The number of carbonyl (C=O) groups excluding carboxylic acids is 1. The summed E-state index contributed by atoms with van der Waals surface area (Å²) in [4.78, 5) is 10.5. The van der Waals surface area contributed by atoms with E-state index in [1.807, 2.05) is 0 Å². The molecule has 0 aliphatic rings. The molecule has 0 aromatic carbocycles. The molecule has 0 aliphatic heterocycles. The number of aliphatic hydroxyl groups is 5. The van der Waals surface area contributed by atoms with Crippen molar-refractivity contribution in [3.05, 3.63) is 0 Å². The van der Waals surface area contributed by atoms with E-state index in [1.54, 1.807) is 0 Å². The summed E-state index contributed by atoms with van der Waals surface area (Å²) in [6.07, 6.45) is -5.22. The van der Waals surface area contributed by atoms with Crippen LogP contribution in [-0.4, -0.2) is 80.4 Å². The van der Waals surface area contributed by atoms with E-state index >= 15 is 0 Å². The predicted molar refractivity (Wildman–Crippen MR) is 51.4 cm³/mol. The fourth-order valence-corrected chi connectivity index (χ4v) is 0.602. The van der Waals surface area contributed by atoms with Crippen molar-refractivity contribution in [1.29, 1.82) is 0 Å². The van der Waals surface area contributed by atoms with Crippen LogP contribution in [0.5, 0.6) is 0 Å². The van der Waals surface area contributed by atoms with Crippen LogP contribution in [0.2, 0.25) is 0 Å². The summed E-state index contributed by atoms with van der Waals surface area (Å²) in [6, 6.07) is 0. The number of ketones is 1. The van der Waals surface area contributed by atoms with Crippen LogP contribution in [0.1, 0.15) is 0 Å². The Balaban J connectivity index is 0. The standard InChI is InChI=1S/C6H12O6.H2O4S/c7-1-3(9)5(11)6(12)4(10)2-8;1-5(2,3)4/h3,5-9,11-12H,1-2H2;(H2,1,2,3,4). The maximum atomic E-state index is 10.5. The third-order valence-corrected chi connectivity index (χ3v) is 1.39. The second-order valence-corrected chi connectivity index (χ2v) is 3.65. The minimum absolute atomic E-state index is 0.767. The third-order valence-electron chi connectivity index (χ3n) is 1.39. The highest BCUT2D eigenvalue weighted by molar-refractivity contribution is 7.79. The highest BCUT2D eigenvalue weighted by Crippen LogP contribution is 2.00. The van der Waals surface area contributed by atoms with Gasteiger partial charge in [-0.05, 0) is 0 Å². The molecular weight excluding hydrogens is 264 g/mol. The number of hydrogen-bond donors (Lipinski definition) is 7. The number of rotatable bonds is 5. The third kappa shape index (κ3) is 11.6. The molecule has 0 bridgehead atoms. The summed E-state index contributed by atoms with van der Waals surface area (Å²) >= 11 is 0. The number of hydrogen-bond acceptors (Lipinski definition) is 8. The zero-order valence-electron chi connectivity index (χ0n) is 8.41. The molecule has 0 saturated carbocycles. The van der Waals surface area contributed by atoms with E-state index in [4.69, 9.17) is 43.1 Å². The molecule has 0 rings (SSSR count). The van der Waals surface area contributed by atoms with Crippen LogP contribution in [0.3, 0.4) is 0 Å². The Bertz CT molecular complexity index is 303. The number of Topliss-reactive ketones (excluding diaryl/α,β-unsaturated/α-hetero) is 1. The SMILES string of the molecule is O=C(CO)C(O)C(O)C(O)CO.O=S(=O)(O)O. The van der Waals surface area contributed by atoms with Gasteiger partial charge in [-0.15, -0.1) is 0 Å². The smallest absolute Gasteiger partial charge is 0.394 e. The van der Waals surface area contributed by atoms with Crippen molar-refractivity contribution < 1.29 is 47.9 Å². The molecule has 11 heteroatoms. The monoisotopic (exact) mass is 278 g/mol. The van der Waals surface area contributed by atoms with Crippen LogP contribution in [0.25, 0.3) is 0 Å². The van der Waals surface area contributed by atoms with Crippen LogP contribution in [-0.2, 0) is 15.2 Å². The van der Waals surface area contributed by atoms with Gasteiger partial charge in [0.1, 0.15) is 24.9 Å². The lowest BCUT2D eigenvalue weighted by atomic mass is 10.1. The normalized spacial score (nSPS) is 16.4. The quantitative estimate of drug-likeness (QED) is 0.243. The van der Waals surface area contributed by atoms with Gasteiger partial charge in [0.05, 0.1) is 6.61 Å². The topological polar surface area (TPSA) is 193 Å². The first-order valence-electron chi connectivity index (χ1n) is 4.03. The van der Waals surface area contributed by atoms with Crippen molar-refractivity contribution in [2.75, 3.05) is 13.2 Å². The van der Waals surface area contributed by atoms with E-state index < -0.39 is 47.7 Å². The molecule has 0 radical (unpaired) electrons. The summed E-state index contributed by atoms with van der Waals surface area (Å²) < 4.78 is 31.6. The summed E-state index contributed by atoms with van der Waals surface area (Å²) in [7, 11) is -4.67. The summed E-state index contributed by atoms with van der Waals surface area (Å²) in [6.45, 7) is -1.69. The molecule has 0 aromatic rings. The van der Waals surface area contributed by atoms with E-state index in [-0.39, 0.29) is 0 Å². The van der Waals surface area contributed by atoms with Gasteiger partial charge in [0.15, 0.2) is 5.78 Å². The minimum Gasteiger partial charge on any atom is -0.394 e. The van der Waals surface area contributed by atoms with Crippen LogP contribution < -0.4 is 0 Å². The van der Waals surface area contributed by atoms with Gasteiger partial charge < -0.3 is 25.5 Å². The Morgan fingerprint density at radius 2 is 1.41 bits per heavy atom. The van der Waals surface area contributed by atoms with Gasteiger partial charge >= 0.3 is 10.4 Å². The highest BCUT2D eigenvalue weighted by atomic mass is 32.3. The van der Waals surface area contributed by atoms with Crippen LogP contribution in [0, 0.1) is 0 Å². The van der Waals surface area contributed by atoms with E-state index in [0.717, 1.165) is 0 Å². The molecule has 3 unspecified atom stereocenters. The van der Waals surface area contributed by atoms with Crippen LogP contribution in [0.15, 0.2) is 0 Å². The zero-order valence-corrected chi connectivity index (χ0v) is 9.23. The number of carbonyl (C=O) groups is 1. The first kappa shape index (κ1) is 18.7. The molecule has 7 N–H and O–H groups in total. The molecule has 17 heavy (non-hydrogen) atoms. The van der Waals surface area contributed by atoms with Crippen molar-refractivity contribution >= 4 is 16.2 Å². The van der Waals surface area contributed by atoms with E-state index in [0.29, 0.717) is 0 Å². The molecule has 0 fully saturated rings. The zero-order chi connectivity index (χ0) is 14.2. The van der Waals surface area contributed by atoms with E-state index in [2.05, 4.69) is 0 Å². The molecule has 0 saturated heterocycles. The van der Waals surface area contributed by atoms with Crippen molar-refractivity contribution in [3.63, 3.8) is 0 Å². The molecule has 10 nitrogen and oxygen atoms in total. The Hall–Kier alpha value is -0.660. The molecule has 0 amide bonds. The Kier molecular flexibility index (Phi) is 9.28. The number of aliphatic hydroxyl groups excluding tert-OH is 5. The van der Waals surface area contributed by atoms with Crippen molar-refractivity contribution in [1.82, 2.24) is 0 Å². The van der Waals surface area contributed by atoms with Gasteiger partial charge in [0.2, 0.25) is 0 Å². The first-order chi connectivity index (χ1) is 7.54. The largest absolute Gasteiger partial charge is 0.394 e. The van der Waals surface area contributed by atoms with Crippen molar-refractivity contribution in [3.8, 4) is 0 Å². The second-order valence-electron chi connectivity index (χ2n) is 2.76. The highest BCUT2D eigenvalue weighted by Gasteiger charge is 2.28. The second kappa shape index (κ2) is 8.43.